The Bertz CT molecular complexity index is 299. The average Bonchev–Trinajstić information content (AvgIpc) is 2.78. The van der Waals surface area contributed by atoms with E-state index in [4.69, 9.17) is 4.74 Å². The minimum Gasteiger partial charge on any atom is -0.376 e. The molecular weight excluding hydrogens is 276 g/mol. The highest BCUT2D eigenvalue weighted by Gasteiger charge is 2.12. The molecule has 22 heavy (non-hydrogen) atoms. The summed E-state index contributed by atoms with van der Waals surface area (Å²) in [6.07, 6.45) is 8.33. The molecule has 0 aliphatic heterocycles. The van der Waals surface area contributed by atoms with Crippen LogP contribution in [0.25, 0.3) is 0 Å². The van der Waals surface area contributed by atoms with Crippen LogP contribution in [0.3, 0.4) is 0 Å². The van der Waals surface area contributed by atoms with Crippen LogP contribution in [0.1, 0.15) is 52.4 Å². The van der Waals surface area contributed by atoms with Crippen molar-refractivity contribution in [3.8, 4) is 0 Å². The summed E-state index contributed by atoms with van der Waals surface area (Å²) in [5, 5.41) is 6.67. The number of hydrogen-bond acceptors (Lipinski definition) is 3. The second-order valence-electron chi connectivity index (χ2n) is 6.48. The van der Waals surface area contributed by atoms with Crippen molar-refractivity contribution < 1.29 is 4.74 Å². The Hall–Kier alpha value is -0.810. The van der Waals surface area contributed by atoms with Gasteiger partial charge < -0.3 is 20.3 Å². The molecule has 0 bridgehead atoms. The van der Waals surface area contributed by atoms with Gasteiger partial charge in [0.25, 0.3) is 0 Å². The molecule has 0 unspecified atom stereocenters. The number of aliphatic imine (C=N–C) groups is 1. The number of nitrogens with zero attached hydrogens (tertiary/aromatic N) is 2. The van der Waals surface area contributed by atoms with Gasteiger partial charge in [-0.25, -0.2) is 0 Å². The van der Waals surface area contributed by atoms with Crippen molar-refractivity contribution in [2.45, 2.75) is 64.5 Å². The molecule has 0 amide bonds. The normalized spacial score (nSPS) is 17.8. The Balaban J connectivity index is 2.08. The summed E-state index contributed by atoms with van der Waals surface area (Å²) in [4.78, 5) is 6.56. The Morgan fingerprint density at radius 1 is 1.14 bits per heavy atom. The van der Waals surface area contributed by atoms with Crippen molar-refractivity contribution in [1.29, 1.82) is 0 Å². The molecule has 0 atom stereocenters. The van der Waals surface area contributed by atoms with Gasteiger partial charge in [-0.2, -0.15) is 0 Å². The first kappa shape index (κ1) is 19.2. The summed E-state index contributed by atoms with van der Waals surface area (Å²) in [6, 6.07) is 0.574. The van der Waals surface area contributed by atoms with E-state index in [1.807, 2.05) is 7.05 Å². The van der Waals surface area contributed by atoms with E-state index in [9.17, 15) is 0 Å². The molecule has 1 fully saturated rings. The van der Waals surface area contributed by atoms with Gasteiger partial charge in [0.05, 0.1) is 12.7 Å². The molecule has 0 spiro atoms. The lowest BCUT2D eigenvalue weighted by Crippen LogP contribution is -2.43. The fourth-order valence-electron chi connectivity index (χ4n) is 2.63. The van der Waals surface area contributed by atoms with Crippen molar-refractivity contribution >= 4 is 5.96 Å². The molecule has 0 aromatic carbocycles. The van der Waals surface area contributed by atoms with E-state index in [1.54, 1.807) is 0 Å². The minimum absolute atomic E-state index is 0.471. The maximum absolute atomic E-state index is 5.98. The van der Waals surface area contributed by atoms with Gasteiger partial charge in [-0.1, -0.05) is 25.7 Å². The van der Waals surface area contributed by atoms with Gasteiger partial charge in [0, 0.05) is 32.7 Å². The van der Waals surface area contributed by atoms with E-state index in [2.05, 4.69) is 41.4 Å². The molecular formula is C17H36N4O. The van der Waals surface area contributed by atoms with E-state index in [-0.39, 0.29) is 0 Å². The van der Waals surface area contributed by atoms with Gasteiger partial charge >= 0.3 is 0 Å². The van der Waals surface area contributed by atoms with Crippen molar-refractivity contribution in [2.75, 3.05) is 40.3 Å². The lowest BCUT2D eigenvalue weighted by atomic mass is 10.1. The van der Waals surface area contributed by atoms with Crippen LogP contribution < -0.4 is 10.6 Å². The summed E-state index contributed by atoms with van der Waals surface area (Å²) < 4.78 is 5.98. The van der Waals surface area contributed by atoms with Crippen molar-refractivity contribution in [3.05, 3.63) is 0 Å². The third-order valence-corrected chi connectivity index (χ3v) is 4.41. The molecule has 130 valence electrons. The molecule has 5 heteroatoms. The van der Waals surface area contributed by atoms with Crippen LogP contribution in [0.4, 0.5) is 0 Å². The third-order valence-electron chi connectivity index (χ3n) is 4.41. The monoisotopic (exact) mass is 312 g/mol. The molecule has 2 N–H and O–H groups in total. The number of nitrogens with one attached hydrogen (secondary N) is 2. The van der Waals surface area contributed by atoms with Crippen LogP contribution in [0.15, 0.2) is 4.99 Å². The van der Waals surface area contributed by atoms with E-state index in [0.29, 0.717) is 12.1 Å². The molecule has 0 aromatic heterocycles. The van der Waals surface area contributed by atoms with Gasteiger partial charge in [-0.05, 0) is 33.7 Å². The zero-order valence-electron chi connectivity index (χ0n) is 15.0. The largest absolute Gasteiger partial charge is 0.376 e. The Labute approximate surface area is 136 Å². The van der Waals surface area contributed by atoms with Gasteiger partial charge in [-0.3, -0.25) is 4.99 Å². The van der Waals surface area contributed by atoms with Crippen molar-refractivity contribution in [2.24, 2.45) is 4.99 Å². The predicted octanol–water partition coefficient (Wildman–Crippen LogP) is 2.23. The number of guanidine groups is 1. The topological polar surface area (TPSA) is 48.9 Å². The highest BCUT2D eigenvalue weighted by atomic mass is 16.5. The van der Waals surface area contributed by atoms with Crippen LogP contribution in [-0.4, -0.2) is 63.3 Å². The van der Waals surface area contributed by atoms with Crippen LogP contribution >= 0.6 is 0 Å². The second-order valence-corrected chi connectivity index (χ2v) is 6.48. The molecule has 1 aliphatic rings. The summed E-state index contributed by atoms with van der Waals surface area (Å²) in [5.74, 6) is 0.863. The van der Waals surface area contributed by atoms with Crippen molar-refractivity contribution in [3.63, 3.8) is 0 Å². The number of ether oxygens (including phenoxy) is 1. The van der Waals surface area contributed by atoms with Gasteiger partial charge in [0.1, 0.15) is 0 Å². The highest BCUT2D eigenvalue weighted by Crippen LogP contribution is 2.19. The summed E-state index contributed by atoms with van der Waals surface area (Å²) >= 11 is 0. The van der Waals surface area contributed by atoms with Crippen LogP contribution in [0.2, 0.25) is 0 Å². The van der Waals surface area contributed by atoms with Gasteiger partial charge in [0.2, 0.25) is 0 Å². The van der Waals surface area contributed by atoms with E-state index >= 15 is 0 Å². The summed E-state index contributed by atoms with van der Waals surface area (Å²) in [5.41, 5.74) is 0. The molecule has 0 heterocycles. The second kappa shape index (κ2) is 11.7. The maximum Gasteiger partial charge on any atom is 0.191 e. The average molecular weight is 313 g/mol. The SMILES string of the molecule is CN=C(NCCOC1CCCCCC1)NCCN(C)C(C)C. The molecule has 1 rings (SSSR count). The van der Waals surface area contributed by atoms with E-state index in [1.165, 1.54) is 38.5 Å². The van der Waals surface area contributed by atoms with Gasteiger partial charge in [-0.15, -0.1) is 0 Å². The Kier molecular flexibility index (Phi) is 10.2. The van der Waals surface area contributed by atoms with Crippen molar-refractivity contribution in [1.82, 2.24) is 15.5 Å². The van der Waals surface area contributed by atoms with Crippen LogP contribution in [0.5, 0.6) is 0 Å². The fraction of sp³-hybridized carbons (Fsp3) is 0.941. The number of likely N-dealkylation sites (N-methyl/N-ethyl adjacent to an activating group) is 1. The molecule has 1 aliphatic carbocycles. The highest BCUT2D eigenvalue weighted by molar-refractivity contribution is 5.79. The predicted molar refractivity (Wildman–Crippen MR) is 94.6 cm³/mol. The van der Waals surface area contributed by atoms with Crippen LogP contribution in [-0.2, 0) is 4.74 Å². The number of rotatable bonds is 8. The van der Waals surface area contributed by atoms with E-state index < -0.39 is 0 Å². The third kappa shape index (κ3) is 8.59. The maximum atomic E-state index is 5.98. The van der Waals surface area contributed by atoms with Crippen LogP contribution in [0, 0.1) is 0 Å². The fourth-order valence-corrected chi connectivity index (χ4v) is 2.63. The molecule has 1 saturated carbocycles. The lowest BCUT2D eigenvalue weighted by molar-refractivity contribution is 0.0468. The first-order valence-electron chi connectivity index (χ1n) is 8.90. The quantitative estimate of drug-likeness (QED) is 0.312. The first-order valence-corrected chi connectivity index (χ1v) is 8.90. The Morgan fingerprint density at radius 2 is 1.77 bits per heavy atom. The molecule has 0 saturated heterocycles. The van der Waals surface area contributed by atoms with Gasteiger partial charge in [0.15, 0.2) is 5.96 Å². The van der Waals surface area contributed by atoms with E-state index in [0.717, 1.165) is 32.2 Å². The zero-order valence-corrected chi connectivity index (χ0v) is 15.0. The zero-order chi connectivity index (χ0) is 16.2. The summed E-state index contributed by atoms with van der Waals surface area (Å²) in [7, 11) is 3.96. The number of hydrogen-bond donors (Lipinski definition) is 2. The molecule has 0 aromatic rings. The smallest absolute Gasteiger partial charge is 0.191 e. The molecule has 5 nitrogen and oxygen atoms in total. The lowest BCUT2D eigenvalue weighted by Gasteiger charge is -2.22. The first-order chi connectivity index (χ1) is 10.6. The molecule has 0 radical (unpaired) electrons. The standard InChI is InChI=1S/C17H36N4O/c1-15(2)21(4)13-11-19-17(18-3)20-12-14-22-16-9-7-5-6-8-10-16/h15-16H,5-14H2,1-4H3,(H2,18,19,20). The Morgan fingerprint density at radius 3 is 2.36 bits per heavy atom. The summed E-state index contributed by atoms with van der Waals surface area (Å²) in [6.45, 7) is 7.90. The minimum atomic E-state index is 0.471.